The van der Waals surface area contributed by atoms with Crippen molar-refractivity contribution >= 4 is 10.8 Å². The third-order valence-electron chi connectivity index (χ3n) is 4.64. The molecule has 0 saturated heterocycles. The van der Waals surface area contributed by atoms with Crippen LogP contribution in [0.4, 0.5) is 0 Å². The maximum absolute atomic E-state index is 3.39. The Morgan fingerprint density at radius 2 is 1.23 bits per heavy atom. The summed E-state index contributed by atoms with van der Waals surface area (Å²) >= 11 is 0. The first kappa shape index (κ1) is 16.2. The van der Waals surface area contributed by atoms with E-state index in [1.54, 1.807) is 0 Å². The Balaban J connectivity index is 1.85. The van der Waals surface area contributed by atoms with E-state index >= 15 is 0 Å². The number of hydrogen-bond donors (Lipinski definition) is 0. The lowest BCUT2D eigenvalue weighted by Gasteiger charge is -2.07. The summed E-state index contributed by atoms with van der Waals surface area (Å²) in [5.74, 6) is 6.71. The largest absolute Gasteiger partial charge is 0.0616 e. The van der Waals surface area contributed by atoms with Gasteiger partial charge in [0, 0.05) is 11.1 Å². The predicted octanol–water partition coefficient (Wildman–Crippen LogP) is 6.52. The van der Waals surface area contributed by atoms with Crippen LogP contribution >= 0.6 is 0 Å². The first-order valence-electron chi connectivity index (χ1n) is 8.87. The van der Waals surface area contributed by atoms with Crippen LogP contribution in [-0.4, -0.2) is 0 Å². The van der Waals surface area contributed by atoms with Crippen LogP contribution < -0.4 is 0 Å². The molecule has 0 heterocycles. The Bertz CT molecular complexity index is 1120. The van der Waals surface area contributed by atoms with Crippen LogP contribution in [0.2, 0.25) is 0 Å². The van der Waals surface area contributed by atoms with Crippen molar-refractivity contribution in [2.45, 2.75) is 13.8 Å². The molecule has 0 N–H and O–H groups in total. The van der Waals surface area contributed by atoms with Crippen molar-refractivity contribution in [1.82, 2.24) is 0 Å². The summed E-state index contributed by atoms with van der Waals surface area (Å²) in [5.41, 5.74) is 7.06. The summed E-state index contributed by atoms with van der Waals surface area (Å²) < 4.78 is 0. The van der Waals surface area contributed by atoms with Gasteiger partial charge in [-0.3, -0.25) is 0 Å². The summed E-state index contributed by atoms with van der Waals surface area (Å²) in [4.78, 5) is 0. The van der Waals surface area contributed by atoms with Gasteiger partial charge in [-0.25, -0.2) is 0 Å². The average molecular weight is 332 g/mol. The van der Waals surface area contributed by atoms with E-state index in [0.717, 1.165) is 11.1 Å². The number of fused-ring (bicyclic) bond motifs is 1. The van der Waals surface area contributed by atoms with Crippen molar-refractivity contribution in [2.75, 3.05) is 0 Å². The van der Waals surface area contributed by atoms with Gasteiger partial charge in [-0.1, -0.05) is 83.6 Å². The van der Waals surface area contributed by atoms with Gasteiger partial charge in [-0.15, -0.1) is 0 Å². The van der Waals surface area contributed by atoms with Crippen molar-refractivity contribution in [2.24, 2.45) is 0 Å². The van der Waals surface area contributed by atoms with Gasteiger partial charge in [0.2, 0.25) is 0 Å². The molecule has 4 rings (SSSR count). The molecule has 0 unspecified atom stereocenters. The average Bonchev–Trinajstić information content (AvgIpc) is 2.68. The first-order valence-corrected chi connectivity index (χ1v) is 8.87. The Labute approximate surface area is 155 Å². The van der Waals surface area contributed by atoms with Crippen LogP contribution in [0.15, 0.2) is 84.9 Å². The monoisotopic (exact) mass is 332 g/mol. The van der Waals surface area contributed by atoms with Gasteiger partial charge in [0.05, 0.1) is 0 Å². The molecule has 0 aliphatic heterocycles. The molecule has 26 heavy (non-hydrogen) atoms. The topological polar surface area (TPSA) is 0 Å². The molecule has 0 atom stereocenters. The highest BCUT2D eigenvalue weighted by Gasteiger charge is 2.04. The predicted molar refractivity (Wildman–Crippen MR) is 111 cm³/mol. The Kier molecular flexibility index (Phi) is 4.30. The van der Waals surface area contributed by atoms with E-state index in [-0.39, 0.29) is 0 Å². The maximum atomic E-state index is 3.39. The van der Waals surface area contributed by atoms with Crippen LogP contribution in [0.1, 0.15) is 22.3 Å². The molecular weight excluding hydrogens is 312 g/mol. The molecule has 0 aromatic heterocycles. The van der Waals surface area contributed by atoms with Gasteiger partial charge < -0.3 is 0 Å². The van der Waals surface area contributed by atoms with Crippen molar-refractivity contribution in [1.29, 1.82) is 0 Å². The SMILES string of the molecule is Cc1ccc(C#Cc2cc(-c3ccc(C)cc3)cc3ccccc23)cc1. The summed E-state index contributed by atoms with van der Waals surface area (Å²) in [7, 11) is 0. The summed E-state index contributed by atoms with van der Waals surface area (Å²) in [6.45, 7) is 4.21. The van der Waals surface area contributed by atoms with Gasteiger partial charge in [0.15, 0.2) is 0 Å². The van der Waals surface area contributed by atoms with Crippen molar-refractivity contribution in [3.8, 4) is 23.0 Å². The molecular formula is C26H20. The van der Waals surface area contributed by atoms with Crippen molar-refractivity contribution in [3.63, 3.8) is 0 Å². The highest BCUT2D eigenvalue weighted by atomic mass is 14.1. The van der Waals surface area contributed by atoms with E-state index in [4.69, 9.17) is 0 Å². The summed E-state index contributed by atoms with van der Waals surface area (Å²) in [6, 6.07) is 29.9. The lowest BCUT2D eigenvalue weighted by molar-refractivity contribution is 1.46. The molecule has 0 amide bonds. The minimum Gasteiger partial charge on any atom is -0.0616 e. The molecule has 0 heteroatoms. The van der Waals surface area contributed by atoms with Crippen LogP contribution in [0.3, 0.4) is 0 Å². The van der Waals surface area contributed by atoms with Crippen LogP contribution in [0, 0.1) is 25.7 Å². The highest BCUT2D eigenvalue weighted by molar-refractivity contribution is 5.92. The fourth-order valence-electron chi connectivity index (χ4n) is 3.10. The Morgan fingerprint density at radius 1 is 0.577 bits per heavy atom. The van der Waals surface area contributed by atoms with Gasteiger partial charge >= 0.3 is 0 Å². The third kappa shape index (κ3) is 3.39. The van der Waals surface area contributed by atoms with Crippen LogP contribution in [0.25, 0.3) is 21.9 Å². The van der Waals surface area contributed by atoms with Crippen molar-refractivity contribution < 1.29 is 0 Å². The van der Waals surface area contributed by atoms with E-state index in [2.05, 4.69) is 111 Å². The lowest BCUT2D eigenvalue weighted by atomic mass is 9.96. The standard InChI is InChI=1S/C26H20/c1-19-7-11-21(12-8-19)13-16-24-18-25(22-14-9-20(2)10-15-22)17-23-5-3-4-6-26(23)24/h3-12,14-15,17-18H,1-2H3. The van der Waals surface area contributed by atoms with Gasteiger partial charge in [0.25, 0.3) is 0 Å². The molecule has 0 nitrogen and oxygen atoms in total. The quantitative estimate of drug-likeness (QED) is 0.348. The molecule has 0 fully saturated rings. The maximum Gasteiger partial charge on any atom is 0.0333 e. The fraction of sp³-hybridized carbons (Fsp3) is 0.0769. The molecule has 0 saturated carbocycles. The fourth-order valence-corrected chi connectivity index (χ4v) is 3.10. The second-order valence-corrected chi connectivity index (χ2v) is 6.73. The smallest absolute Gasteiger partial charge is 0.0333 e. The number of rotatable bonds is 1. The summed E-state index contributed by atoms with van der Waals surface area (Å²) in [6.07, 6.45) is 0. The van der Waals surface area contributed by atoms with Gasteiger partial charge in [-0.05, 0) is 60.0 Å². The van der Waals surface area contributed by atoms with E-state index in [0.29, 0.717) is 0 Å². The second kappa shape index (κ2) is 6.90. The van der Waals surface area contributed by atoms with Gasteiger partial charge in [0.1, 0.15) is 0 Å². The van der Waals surface area contributed by atoms with E-state index in [1.165, 1.54) is 33.0 Å². The molecule has 0 aliphatic rings. The van der Waals surface area contributed by atoms with Crippen molar-refractivity contribution in [3.05, 3.63) is 107 Å². The zero-order chi connectivity index (χ0) is 17.9. The highest BCUT2D eigenvalue weighted by Crippen LogP contribution is 2.27. The van der Waals surface area contributed by atoms with E-state index in [9.17, 15) is 0 Å². The Morgan fingerprint density at radius 3 is 1.96 bits per heavy atom. The summed E-state index contributed by atoms with van der Waals surface area (Å²) in [5, 5.41) is 2.42. The number of benzene rings is 4. The molecule has 124 valence electrons. The van der Waals surface area contributed by atoms with Crippen LogP contribution in [0.5, 0.6) is 0 Å². The molecule has 0 bridgehead atoms. The number of hydrogen-bond acceptors (Lipinski definition) is 0. The molecule has 0 radical (unpaired) electrons. The van der Waals surface area contributed by atoms with E-state index < -0.39 is 0 Å². The molecule has 4 aromatic rings. The van der Waals surface area contributed by atoms with Crippen LogP contribution in [-0.2, 0) is 0 Å². The third-order valence-corrected chi connectivity index (χ3v) is 4.64. The molecule has 0 aliphatic carbocycles. The second-order valence-electron chi connectivity index (χ2n) is 6.73. The van der Waals surface area contributed by atoms with Gasteiger partial charge in [-0.2, -0.15) is 0 Å². The minimum absolute atomic E-state index is 1.04. The molecule has 4 aromatic carbocycles. The zero-order valence-corrected chi connectivity index (χ0v) is 15.1. The first-order chi connectivity index (χ1) is 12.7. The van der Waals surface area contributed by atoms with E-state index in [1.807, 2.05) is 0 Å². The molecule has 0 spiro atoms. The zero-order valence-electron chi connectivity index (χ0n) is 15.1. The normalized spacial score (nSPS) is 10.4. The number of aryl methyl sites for hydroxylation is 2. The lowest BCUT2D eigenvalue weighted by Crippen LogP contribution is -1.85. The minimum atomic E-state index is 1.04. The Hall–Kier alpha value is -3.30.